The number of hydrogen-bond acceptors (Lipinski definition) is 5. The van der Waals surface area contributed by atoms with Gasteiger partial charge in [-0.25, -0.2) is 0 Å². The topological polar surface area (TPSA) is 75.6 Å². The van der Waals surface area contributed by atoms with E-state index in [1.54, 1.807) is 6.92 Å². The number of allylic oxidation sites excluding steroid dienone is 7. The average Bonchev–Trinajstić information content (AvgIpc) is 2.59. The largest absolute Gasteiger partial charge is 0.389 e. The third kappa shape index (κ3) is 7.62. The lowest BCUT2D eigenvalue weighted by Gasteiger charge is -2.39. The van der Waals surface area contributed by atoms with Crippen LogP contribution < -0.4 is 5.32 Å². The first-order chi connectivity index (χ1) is 13.3. The van der Waals surface area contributed by atoms with Crippen molar-refractivity contribution >= 4 is 22.8 Å². The van der Waals surface area contributed by atoms with Gasteiger partial charge < -0.3 is 15.2 Å². The molecule has 0 saturated carbocycles. The maximum Gasteiger partial charge on any atom is 0.244 e. The molecule has 0 spiro atoms. The predicted octanol–water partition coefficient (Wildman–Crippen LogP) is 3.44. The highest BCUT2D eigenvalue weighted by Gasteiger charge is 2.35. The molecule has 1 heterocycles. The molecule has 5 atom stereocenters. The van der Waals surface area contributed by atoms with Crippen LogP contribution in [0.25, 0.3) is 0 Å². The van der Waals surface area contributed by atoms with E-state index in [0.29, 0.717) is 6.42 Å². The Bertz CT molecular complexity index is 705. The van der Waals surface area contributed by atoms with E-state index in [1.165, 1.54) is 23.9 Å². The summed E-state index contributed by atoms with van der Waals surface area (Å²) < 4.78 is 6.06. The van der Waals surface area contributed by atoms with E-state index in [-0.39, 0.29) is 35.2 Å². The minimum Gasteiger partial charge on any atom is -0.389 e. The van der Waals surface area contributed by atoms with Crippen LogP contribution in [0.5, 0.6) is 0 Å². The van der Waals surface area contributed by atoms with Crippen LogP contribution in [0.1, 0.15) is 33.6 Å². The molecule has 0 radical (unpaired) electrons. The quantitative estimate of drug-likeness (QED) is 0.665. The molecule has 1 aliphatic heterocycles. The van der Waals surface area contributed by atoms with Crippen LogP contribution in [0.2, 0.25) is 0 Å². The molecule has 2 rings (SSSR count). The second kappa shape index (κ2) is 11.2. The Kier molecular flexibility index (Phi) is 8.96. The van der Waals surface area contributed by atoms with Gasteiger partial charge in [-0.1, -0.05) is 55.1 Å². The van der Waals surface area contributed by atoms with Crippen LogP contribution >= 0.6 is 11.8 Å². The summed E-state index contributed by atoms with van der Waals surface area (Å²) in [7, 11) is 0. The molecular weight excluding hydrogens is 374 g/mol. The molecule has 0 unspecified atom stereocenters. The van der Waals surface area contributed by atoms with Crippen LogP contribution in [0.3, 0.4) is 0 Å². The Hall–Kier alpha value is -1.89. The van der Waals surface area contributed by atoms with E-state index in [1.807, 2.05) is 56.4 Å². The number of hydrogen-bond donors (Lipinski definition) is 2. The van der Waals surface area contributed by atoms with Gasteiger partial charge >= 0.3 is 0 Å². The third-order valence-electron chi connectivity index (χ3n) is 4.64. The summed E-state index contributed by atoms with van der Waals surface area (Å²) in [5.74, 6) is -0.0970. The van der Waals surface area contributed by atoms with E-state index in [2.05, 4.69) is 5.32 Å². The zero-order valence-corrected chi connectivity index (χ0v) is 17.4. The molecule has 0 bridgehead atoms. The molecule has 0 aromatic heterocycles. The molecule has 5 nitrogen and oxygen atoms in total. The van der Waals surface area contributed by atoms with Crippen molar-refractivity contribution in [1.82, 2.24) is 5.32 Å². The number of amides is 1. The van der Waals surface area contributed by atoms with Gasteiger partial charge in [-0.2, -0.15) is 0 Å². The Labute approximate surface area is 171 Å². The zero-order valence-electron chi connectivity index (χ0n) is 16.6. The third-order valence-corrected chi connectivity index (χ3v) is 5.54. The zero-order chi connectivity index (χ0) is 20.5. The van der Waals surface area contributed by atoms with Crippen molar-refractivity contribution in [1.29, 1.82) is 0 Å². The van der Waals surface area contributed by atoms with Crippen LogP contribution in [-0.4, -0.2) is 40.5 Å². The van der Waals surface area contributed by atoms with Crippen LogP contribution in [0.15, 0.2) is 59.6 Å². The van der Waals surface area contributed by atoms with Gasteiger partial charge in [0.2, 0.25) is 5.91 Å². The number of aliphatic hydroxyl groups excluding tert-OH is 1. The molecule has 0 aromatic carbocycles. The molecule has 152 valence electrons. The fourth-order valence-electron chi connectivity index (χ4n) is 3.09. The average molecular weight is 404 g/mol. The van der Waals surface area contributed by atoms with Gasteiger partial charge in [-0.15, -0.1) is 0 Å². The van der Waals surface area contributed by atoms with Crippen molar-refractivity contribution in [3.8, 4) is 0 Å². The lowest BCUT2D eigenvalue weighted by molar-refractivity contribution is -0.129. The first-order valence-electron chi connectivity index (χ1n) is 9.59. The molecule has 2 N–H and O–H groups in total. The molecule has 1 amide bonds. The molecule has 0 aromatic rings. The van der Waals surface area contributed by atoms with Crippen LogP contribution in [0.4, 0.5) is 0 Å². The second-order valence-corrected chi connectivity index (χ2v) is 8.31. The lowest BCUT2D eigenvalue weighted by atomic mass is 9.88. The minimum absolute atomic E-state index is 0.0697. The monoisotopic (exact) mass is 403 g/mol. The fourth-order valence-corrected chi connectivity index (χ4v) is 3.89. The SMILES string of the molecule is C[C@H](O)/C=C\C(=O)N[C@@H]1C[C@H](C)[C@H](CC(=O)SC2=C/C=C\C=C/C=C\2)O[C@@H]1C. The van der Waals surface area contributed by atoms with Crippen molar-refractivity contribution in [3.05, 3.63) is 59.6 Å². The van der Waals surface area contributed by atoms with E-state index >= 15 is 0 Å². The van der Waals surface area contributed by atoms with Crippen LogP contribution in [-0.2, 0) is 14.3 Å². The lowest BCUT2D eigenvalue weighted by Crippen LogP contribution is -2.51. The summed E-state index contributed by atoms with van der Waals surface area (Å²) in [5.41, 5.74) is 0. The standard InChI is InChI=1S/C22H29NO4S/c1-15-13-19(23-21(25)12-11-16(2)24)17(3)27-20(15)14-22(26)28-18-9-7-5-4-6-8-10-18/h4-12,15-17,19-20,24H,13-14H2,1-3H3,(H,23,25)/b5-4-,6-4?,7-5?,8-6-,9-7-,10-8?,12-11-,18-9?,18-10+/t15-,16-,17+,19+,20-/m0/s1. The number of ether oxygens (including phenoxy) is 1. The van der Waals surface area contributed by atoms with E-state index in [9.17, 15) is 14.7 Å². The van der Waals surface area contributed by atoms with Crippen molar-refractivity contribution in [3.63, 3.8) is 0 Å². The maximum atomic E-state index is 12.5. The number of rotatable bonds is 6. The second-order valence-electron chi connectivity index (χ2n) is 7.18. The number of carbonyl (C=O) groups excluding carboxylic acids is 2. The minimum atomic E-state index is -0.660. The summed E-state index contributed by atoms with van der Waals surface area (Å²) in [6.07, 6.45) is 16.3. The number of aliphatic hydroxyl groups is 1. The van der Waals surface area contributed by atoms with Crippen molar-refractivity contribution in [2.75, 3.05) is 0 Å². The summed E-state index contributed by atoms with van der Waals surface area (Å²) in [5, 5.41) is 12.2. The van der Waals surface area contributed by atoms with Gasteiger partial charge in [0.1, 0.15) is 0 Å². The Morgan fingerprint density at radius 2 is 2.00 bits per heavy atom. The highest BCUT2D eigenvalue weighted by Crippen LogP contribution is 2.30. The summed E-state index contributed by atoms with van der Waals surface area (Å²) in [6, 6.07) is -0.117. The summed E-state index contributed by atoms with van der Waals surface area (Å²) in [4.78, 5) is 25.4. The molecule has 2 aliphatic rings. The summed E-state index contributed by atoms with van der Waals surface area (Å²) >= 11 is 1.23. The number of carbonyl (C=O) groups is 2. The molecular formula is C22H29NO4S. The van der Waals surface area contributed by atoms with Crippen LogP contribution in [0, 0.1) is 5.92 Å². The smallest absolute Gasteiger partial charge is 0.244 e. The molecule has 1 fully saturated rings. The van der Waals surface area contributed by atoms with Crippen molar-refractivity contribution in [2.24, 2.45) is 5.92 Å². The van der Waals surface area contributed by atoms with Gasteiger partial charge in [0, 0.05) is 17.4 Å². The van der Waals surface area contributed by atoms with Gasteiger partial charge in [-0.3, -0.25) is 9.59 Å². The summed E-state index contributed by atoms with van der Waals surface area (Å²) in [6.45, 7) is 5.55. The van der Waals surface area contributed by atoms with Crippen molar-refractivity contribution in [2.45, 2.75) is 58.0 Å². The maximum absolute atomic E-state index is 12.5. The van der Waals surface area contributed by atoms with E-state index in [0.717, 1.165) is 11.3 Å². The fraction of sp³-hybridized carbons (Fsp3) is 0.455. The predicted molar refractivity (Wildman–Crippen MR) is 114 cm³/mol. The Morgan fingerprint density at radius 3 is 2.75 bits per heavy atom. The van der Waals surface area contributed by atoms with Gasteiger partial charge in [0.15, 0.2) is 5.12 Å². The first-order valence-corrected chi connectivity index (χ1v) is 10.4. The highest BCUT2D eigenvalue weighted by molar-refractivity contribution is 8.17. The number of nitrogens with one attached hydrogen (secondary N) is 1. The van der Waals surface area contributed by atoms with Gasteiger partial charge in [0.05, 0.1) is 24.4 Å². The van der Waals surface area contributed by atoms with Gasteiger partial charge in [-0.05, 0) is 38.3 Å². The first kappa shape index (κ1) is 22.4. The number of thioether (sulfide) groups is 1. The van der Waals surface area contributed by atoms with Crippen molar-refractivity contribution < 1.29 is 19.4 Å². The Morgan fingerprint density at radius 1 is 1.29 bits per heavy atom. The highest BCUT2D eigenvalue weighted by atomic mass is 32.2. The van der Waals surface area contributed by atoms with Gasteiger partial charge in [0.25, 0.3) is 0 Å². The van der Waals surface area contributed by atoms with E-state index < -0.39 is 6.10 Å². The molecule has 28 heavy (non-hydrogen) atoms. The molecule has 1 aliphatic carbocycles. The molecule has 6 heteroatoms. The molecule has 1 saturated heterocycles. The van der Waals surface area contributed by atoms with E-state index in [4.69, 9.17) is 4.74 Å². The normalized spacial score (nSPS) is 33.8. The Balaban J connectivity index is 1.86.